The van der Waals surface area contributed by atoms with Gasteiger partial charge in [-0.25, -0.2) is 0 Å². The Labute approximate surface area is 305 Å². The van der Waals surface area contributed by atoms with Crippen molar-refractivity contribution >= 4 is 35.1 Å². The number of amides is 3. The van der Waals surface area contributed by atoms with E-state index in [9.17, 15) is 19.5 Å². The molecule has 0 aliphatic carbocycles. The van der Waals surface area contributed by atoms with Crippen molar-refractivity contribution in [3.63, 3.8) is 0 Å². The van der Waals surface area contributed by atoms with Crippen LogP contribution in [0.1, 0.15) is 51.7 Å². The van der Waals surface area contributed by atoms with Crippen molar-refractivity contribution in [1.29, 1.82) is 0 Å². The molecular weight excluding hydrogens is 664 g/mol. The number of carbonyl (C=O) groups excluding carboxylic acids is 4. The van der Waals surface area contributed by atoms with Crippen LogP contribution in [-0.4, -0.2) is 103 Å². The number of hydrogen-bond acceptors (Lipinski definition) is 9. The highest BCUT2D eigenvalue weighted by molar-refractivity contribution is 6.05. The van der Waals surface area contributed by atoms with E-state index in [0.29, 0.717) is 24.1 Å². The van der Waals surface area contributed by atoms with Crippen LogP contribution in [0.4, 0.5) is 11.4 Å². The Kier molecular flexibility index (Phi) is 11.5. The molecule has 2 aromatic rings. The molecule has 0 aromatic heterocycles. The summed E-state index contributed by atoms with van der Waals surface area (Å²) in [6.45, 7) is 7.50. The highest BCUT2D eigenvalue weighted by Crippen LogP contribution is 2.56. The molecule has 2 N–H and O–H groups in total. The summed E-state index contributed by atoms with van der Waals surface area (Å²) in [5.74, 6) is -3.92. The molecule has 4 aliphatic heterocycles. The highest BCUT2D eigenvalue weighted by atomic mass is 16.6. The molecule has 6 rings (SSSR count). The van der Waals surface area contributed by atoms with Crippen LogP contribution in [0.15, 0.2) is 78.9 Å². The van der Waals surface area contributed by atoms with Gasteiger partial charge in [-0.05, 0) is 56.5 Å². The van der Waals surface area contributed by atoms with Gasteiger partial charge in [0, 0.05) is 44.5 Å². The van der Waals surface area contributed by atoms with Crippen molar-refractivity contribution in [3.8, 4) is 0 Å². The molecule has 2 saturated heterocycles. The summed E-state index contributed by atoms with van der Waals surface area (Å²) in [5, 5.41) is 13.6. The van der Waals surface area contributed by atoms with Gasteiger partial charge in [-0.15, -0.1) is 0 Å². The smallest absolute Gasteiger partial charge is 0.313 e. The number of rotatable bonds is 10. The van der Waals surface area contributed by atoms with Crippen molar-refractivity contribution in [2.24, 2.45) is 11.8 Å². The van der Waals surface area contributed by atoms with E-state index in [1.165, 1.54) is 12.0 Å². The molecule has 4 aliphatic rings. The normalized spacial score (nSPS) is 30.2. The topological polar surface area (TPSA) is 138 Å². The molecular formula is C40H50N4O8. The van der Waals surface area contributed by atoms with E-state index < -0.39 is 65.6 Å². The minimum Gasteiger partial charge on any atom is -0.455 e. The fourth-order valence-electron chi connectivity index (χ4n) is 8.27. The monoisotopic (exact) mass is 714 g/mol. The molecule has 2 aromatic carbocycles. The third kappa shape index (κ3) is 6.75. The third-order valence-electron chi connectivity index (χ3n) is 10.9. The van der Waals surface area contributed by atoms with E-state index >= 15 is 4.79 Å². The Morgan fingerprint density at radius 2 is 1.73 bits per heavy atom. The molecule has 8 atom stereocenters. The molecule has 0 unspecified atom stereocenters. The average Bonchev–Trinajstić information content (AvgIpc) is 3.80. The summed E-state index contributed by atoms with van der Waals surface area (Å²) in [5.41, 5.74) is 0.807. The van der Waals surface area contributed by atoms with Gasteiger partial charge in [0.2, 0.25) is 11.8 Å². The maximum Gasteiger partial charge on any atom is 0.313 e. The molecule has 12 heteroatoms. The van der Waals surface area contributed by atoms with Crippen molar-refractivity contribution in [1.82, 2.24) is 10.2 Å². The predicted octanol–water partition coefficient (Wildman–Crippen LogP) is 3.55. The number of likely N-dealkylation sites (tertiary alicyclic amines) is 1. The van der Waals surface area contributed by atoms with E-state index in [1.807, 2.05) is 73.7 Å². The molecule has 52 heavy (non-hydrogen) atoms. The van der Waals surface area contributed by atoms with Crippen LogP contribution in [0.2, 0.25) is 0 Å². The quantitative estimate of drug-likeness (QED) is 0.280. The van der Waals surface area contributed by atoms with Crippen LogP contribution in [-0.2, 0) is 33.4 Å². The number of fused-ring (bicyclic) bond motifs is 2. The summed E-state index contributed by atoms with van der Waals surface area (Å²) in [6, 6.07) is 14.2. The van der Waals surface area contributed by atoms with Crippen molar-refractivity contribution in [3.05, 3.63) is 84.5 Å². The number of cyclic esters (lactones) is 1. The van der Waals surface area contributed by atoms with Gasteiger partial charge >= 0.3 is 5.97 Å². The number of nitrogens with zero attached hydrogens (tertiary/aromatic N) is 3. The summed E-state index contributed by atoms with van der Waals surface area (Å²) in [4.78, 5) is 62.8. The van der Waals surface area contributed by atoms with Crippen LogP contribution in [0.25, 0.3) is 0 Å². The number of esters is 1. The predicted molar refractivity (Wildman–Crippen MR) is 195 cm³/mol. The first-order chi connectivity index (χ1) is 25.2. The Balaban J connectivity index is 1.46. The van der Waals surface area contributed by atoms with E-state index in [2.05, 4.69) is 24.1 Å². The zero-order chi connectivity index (χ0) is 37.0. The SMILES string of the molecule is CC[C@@H](CO)N1C(=O)[C@H]2[C@@H]3C(=O)O[C@H](c4ccccc4)[C@@H](COC)NC(=O)CC/C=C\CN(c4ccc(N(CC)CC)cc4)C(=O)[C@H]1[C@@]21C=C[C@@H]3O1. The van der Waals surface area contributed by atoms with Crippen LogP contribution in [0.3, 0.4) is 0 Å². The number of aliphatic hydroxyl groups excluding tert-OH is 1. The first-order valence-electron chi connectivity index (χ1n) is 18.4. The maximum atomic E-state index is 15.1. The number of allylic oxidation sites excluding steroid dienone is 1. The minimum absolute atomic E-state index is 0.0618. The fourth-order valence-corrected chi connectivity index (χ4v) is 8.27. The van der Waals surface area contributed by atoms with Gasteiger partial charge in [-0.2, -0.15) is 0 Å². The van der Waals surface area contributed by atoms with Crippen molar-refractivity contribution < 1.29 is 38.5 Å². The lowest BCUT2D eigenvalue weighted by molar-refractivity contribution is -0.162. The lowest BCUT2D eigenvalue weighted by atomic mass is 9.74. The number of hydrogen-bond donors (Lipinski definition) is 2. The van der Waals surface area contributed by atoms with Crippen LogP contribution >= 0.6 is 0 Å². The molecule has 1 spiro atoms. The average molecular weight is 715 g/mol. The van der Waals surface area contributed by atoms with Crippen LogP contribution in [0.5, 0.6) is 0 Å². The highest BCUT2D eigenvalue weighted by Gasteiger charge is 2.74. The molecule has 5 bridgehead atoms. The molecule has 2 fully saturated rings. The molecule has 278 valence electrons. The van der Waals surface area contributed by atoms with E-state index in [0.717, 1.165) is 18.8 Å². The van der Waals surface area contributed by atoms with E-state index in [-0.39, 0.29) is 32.1 Å². The zero-order valence-electron chi connectivity index (χ0n) is 30.4. The van der Waals surface area contributed by atoms with Crippen molar-refractivity contribution in [2.75, 3.05) is 49.8 Å². The number of nitrogens with one attached hydrogen (secondary N) is 1. The molecule has 3 amide bonds. The van der Waals surface area contributed by atoms with Crippen LogP contribution < -0.4 is 15.1 Å². The summed E-state index contributed by atoms with van der Waals surface area (Å²) >= 11 is 0. The Hall–Kier alpha value is -4.52. The van der Waals surface area contributed by atoms with Gasteiger partial charge in [0.25, 0.3) is 5.91 Å². The third-order valence-corrected chi connectivity index (χ3v) is 10.9. The molecule has 4 heterocycles. The number of benzene rings is 2. The Morgan fingerprint density at radius 3 is 2.38 bits per heavy atom. The van der Waals surface area contributed by atoms with E-state index in [1.54, 1.807) is 17.1 Å². The second-order valence-corrected chi connectivity index (χ2v) is 13.7. The molecule has 0 saturated carbocycles. The molecule has 12 nitrogen and oxygen atoms in total. The van der Waals surface area contributed by atoms with Gasteiger partial charge in [-0.3, -0.25) is 19.2 Å². The van der Waals surface area contributed by atoms with Gasteiger partial charge in [0.1, 0.15) is 23.7 Å². The zero-order valence-corrected chi connectivity index (χ0v) is 30.4. The Morgan fingerprint density at radius 1 is 1.00 bits per heavy atom. The first-order valence-corrected chi connectivity index (χ1v) is 18.4. The summed E-state index contributed by atoms with van der Waals surface area (Å²) in [6.07, 6.45) is 6.37. The number of carbonyl (C=O) groups is 4. The van der Waals surface area contributed by atoms with Gasteiger partial charge in [0.05, 0.1) is 37.3 Å². The lowest BCUT2D eigenvalue weighted by Crippen LogP contribution is -2.58. The number of anilines is 2. The first kappa shape index (κ1) is 37.2. The van der Waals surface area contributed by atoms with Crippen LogP contribution in [0, 0.1) is 11.8 Å². The second-order valence-electron chi connectivity index (χ2n) is 13.7. The fraction of sp³-hybridized carbons (Fsp3) is 0.500. The van der Waals surface area contributed by atoms with Gasteiger partial charge in [0.15, 0.2) is 0 Å². The second kappa shape index (κ2) is 16.0. The number of aliphatic hydroxyl groups is 1. The van der Waals surface area contributed by atoms with Gasteiger partial charge in [-0.1, -0.05) is 61.6 Å². The summed E-state index contributed by atoms with van der Waals surface area (Å²) < 4.78 is 18.4. The minimum atomic E-state index is -1.47. The molecule has 0 radical (unpaired) electrons. The Bertz CT molecular complexity index is 1660. The number of ether oxygens (including phenoxy) is 3. The summed E-state index contributed by atoms with van der Waals surface area (Å²) in [7, 11) is 1.51. The number of methoxy groups -OCH3 is 1. The lowest BCUT2D eigenvalue weighted by Gasteiger charge is -2.38. The van der Waals surface area contributed by atoms with Crippen molar-refractivity contribution in [2.45, 2.75) is 76.0 Å². The maximum absolute atomic E-state index is 15.1. The largest absolute Gasteiger partial charge is 0.455 e. The van der Waals surface area contributed by atoms with E-state index in [4.69, 9.17) is 14.2 Å². The standard InChI is InChI=1S/C40H50N4O8/c1-5-27(24-45)44-36-38(48)43(29-19-17-28(18-20-29)42(6-2)7-3)23-13-9-12-16-32(46)41-30(25-50-4)35(26-14-10-8-11-15-26)51-39(49)33-31-21-22-40(36,52-31)34(33)37(44)47/h8-11,13-15,17-22,27,30-31,33-36,45H,5-7,12,16,23-25H2,1-4H3,(H,41,46)/b13-9-/t27-,30+,31-,33+,34+,35+,36-,40+/m0/s1. The van der Waals surface area contributed by atoms with Gasteiger partial charge < -0.3 is 39.3 Å².